The minimum atomic E-state index is 0.0328. The van der Waals surface area contributed by atoms with Crippen LogP contribution in [-0.2, 0) is 0 Å². The van der Waals surface area contributed by atoms with Gasteiger partial charge in [-0.2, -0.15) is 15.6 Å². The van der Waals surface area contributed by atoms with Gasteiger partial charge in [0.05, 0.1) is 16.3 Å². The summed E-state index contributed by atoms with van der Waals surface area (Å²) in [6.45, 7) is 3.92. The number of nitrogens with one attached hydrogen (secondary N) is 2. The lowest BCUT2D eigenvalue weighted by atomic mass is 10.3. The third-order valence-corrected chi connectivity index (χ3v) is 4.15. The van der Waals surface area contributed by atoms with Crippen LogP contribution in [0, 0.1) is 36.5 Å². The molecule has 0 unspecified atom stereocenters. The number of benzene rings is 1. The molecule has 0 radical (unpaired) electrons. The average Bonchev–Trinajstić information content (AvgIpc) is 2.81. The van der Waals surface area contributed by atoms with Gasteiger partial charge >= 0.3 is 0 Å². The van der Waals surface area contributed by atoms with Crippen molar-refractivity contribution in [3.05, 3.63) is 47.4 Å². The minimum absolute atomic E-state index is 0.0328. The molecule has 1 aromatic carbocycles. The molecule has 1 aromatic heterocycles. The first-order chi connectivity index (χ1) is 10.2. The number of rotatable bonds is 4. The number of nitriles is 2. The van der Waals surface area contributed by atoms with Gasteiger partial charge in [-0.1, -0.05) is 23.9 Å². The monoisotopic (exact) mass is 295 g/mol. The van der Waals surface area contributed by atoms with Crippen LogP contribution in [0.15, 0.2) is 45.8 Å². The molecule has 2 rings (SSSR count). The molecular weight excluding hydrogens is 282 g/mol. The highest BCUT2D eigenvalue weighted by Crippen LogP contribution is 2.36. The highest BCUT2D eigenvalue weighted by molar-refractivity contribution is 7.99. The second kappa shape index (κ2) is 6.65. The summed E-state index contributed by atoms with van der Waals surface area (Å²) in [4.78, 5) is 2.07. The molecule has 1 heterocycles. The maximum absolute atomic E-state index is 8.76. The molecule has 0 bridgehead atoms. The number of aryl methyl sites for hydroxylation is 2. The lowest BCUT2D eigenvalue weighted by Gasteiger charge is -2.08. The predicted octanol–water partition coefficient (Wildman–Crippen LogP) is 3.52. The van der Waals surface area contributed by atoms with Gasteiger partial charge in [-0.05, 0) is 26.0 Å². The first-order valence-corrected chi connectivity index (χ1v) is 7.02. The molecule has 0 spiro atoms. The van der Waals surface area contributed by atoms with Crippen LogP contribution >= 0.6 is 11.8 Å². The maximum Gasteiger partial charge on any atom is 0.145 e. The van der Waals surface area contributed by atoms with Crippen molar-refractivity contribution in [2.24, 2.45) is 0 Å². The van der Waals surface area contributed by atoms with Crippen LogP contribution in [0.25, 0.3) is 0 Å². The summed E-state index contributed by atoms with van der Waals surface area (Å²) in [6, 6.07) is 11.4. The van der Waals surface area contributed by atoms with Crippen molar-refractivity contribution in [1.29, 1.82) is 10.5 Å². The fraction of sp³-hybridized carbons (Fsp3) is 0.133. The number of H-pyrrole nitrogens is 1. The zero-order valence-electron chi connectivity index (χ0n) is 11.6. The Labute approximate surface area is 127 Å². The number of hydrogen-bond acceptors (Lipinski definition) is 5. The van der Waals surface area contributed by atoms with Gasteiger partial charge in [-0.3, -0.25) is 5.10 Å². The molecule has 0 aliphatic heterocycles. The summed E-state index contributed by atoms with van der Waals surface area (Å²) >= 11 is 1.59. The third-order valence-electron chi connectivity index (χ3n) is 2.77. The fourth-order valence-electron chi connectivity index (χ4n) is 1.72. The van der Waals surface area contributed by atoms with Crippen LogP contribution < -0.4 is 5.32 Å². The number of allylic oxidation sites excluding steroid dienone is 1. The van der Waals surface area contributed by atoms with E-state index in [1.165, 1.54) is 6.20 Å². The molecule has 0 saturated heterocycles. The Bertz CT molecular complexity index is 726. The van der Waals surface area contributed by atoms with E-state index in [4.69, 9.17) is 10.5 Å². The molecule has 6 heteroatoms. The van der Waals surface area contributed by atoms with Crippen molar-refractivity contribution >= 4 is 17.4 Å². The van der Waals surface area contributed by atoms with E-state index in [-0.39, 0.29) is 5.57 Å². The molecule has 0 aliphatic rings. The number of aromatic nitrogens is 2. The van der Waals surface area contributed by atoms with Gasteiger partial charge in [0.15, 0.2) is 0 Å². The molecule has 104 valence electrons. The molecule has 2 N–H and O–H groups in total. The zero-order valence-corrected chi connectivity index (χ0v) is 12.5. The van der Waals surface area contributed by atoms with E-state index in [9.17, 15) is 0 Å². The predicted molar refractivity (Wildman–Crippen MR) is 81.6 cm³/mol. The summed E-state index contributed by atoms with van der Waals surface area (Å²) < 4.78 is 0. The SMILES string of the molecule is Cc1n[nH]c(C)c1Sc1ccccc1NC=C(C#N)C#N. The van der Waals surface area contributed by atoms with Gasteiger partial charge in [-0.25, -0.2) is 0 Å². The summed E-state index contributed by atoms with van der Waals surface area (Å²) in [7, 11) is 0. The van der Waals surface area contributed by atoms with E-state index in [2.05, 4.69) is 15.5 Å². The summed E-state index contributed by atoms with van der Waals surface area (Å²) in [5.74, 6) is 0. The van der Waals surface area contributed by atoms with Crippen molar-refractivity contribution < 1.29 is 0 Å². The van der Waals surface area contributed by atoms with Gasteiger partial charge in [0.1, 0.15) is 17.7 Å². The number of para-hydroxylation sites is 1. The molecule has 0 aliphatic carbocycles. The van der Waals surface area contributed by atoms with Gasteiger partial charge in [0.2, 0.25) is 0 Å². The Morgan fingerprint density at radius 2 is 2.00 bits per heavy atom. The lowest BCUT2D eigenvalue weighted by molar-refractivity contribution is 1.02. The van der Waals surface area contributed by atoms with Crippen molar-refractivity contribution in [2.45, 2.75) is 23.6 Å². The lowest BCUT2D eigenvalue weighted by Crippen LogP contribution is -1.92. The summed E-state index contributed by atoms with van der Waals surface area (Å²) in [5, 5.41) is 27.7. The van der Waals surface area contributed by atoms with E-state index in [1.807, 2.05) is 50.3 Å². The Kier molecular flexibility index (Phi) is 4.65. The highest BCUT2D eigenvalue weighted by Gasteiger charge is 2.10. The largest absolute Gasteiger partial charge is 0.359 e. The van der Waals surface area contributed by atoms with Crippen molar-refractivity contribution in [3.63, 3.8) is 0 Å². The standard InChI is InChI=1S/C15H13N5S/c1-10-15(11(2)20-19-10)21-14-6-4-3-5-13(14)18-9-12(7-16)8-17/h3-6,9,18H,1-2H3,(H,19,20). The average molecular weight is 295 g/mol. The highest BCUT2D eigenvalue weighted by atomic mass is 32.2. The molecule has 2 aromatic rings. The summed E-state index contributed by atoms with van der Waals surface area (Å²) in [5.41, 5.74) is 2.83. The Morgan fingerprint density at radius 3 is 2.62 bits per heavy atom. The first kappa shape index (κ1) is 14.7. The quantitative estimate of drug-likeness (QED) is 0.842. The second-order valence-corrected chi connectivity index (χ2v) is 5.34. The third kappa shape index (κ3) is 3.44. The van der Waals surface area contributed by atoms with E-state index in [0.717, 1.165) is 26.9 Å². The van der Waals surface area contributed by atoms with Crippen LogP contribution in [0.4, 0.5) is 5.69 Å². The Morgan fingerprint density at radius 1 is 1.29 bits per heavy atom. The first-order valence-electron chi connectivity index (χ1n) is 6.21. The molecule has 21 heavy (non-hydrogen) atoms. The van der Waals surface area contributed by atoms with Crippen LogP contribution in [0.1, 0.15) is 11.4 Å². The number of aromatic amines is 1. The molecule has 0 saturated carbocycles. The normalized spacial score (nSPS) is 9.52. The van der Waals surface area contributed by atoms with Crippen LogP contribution in [-0.4, -0.2) is 10.2 Å². The number of nitrogens with zero attached hydrogens (tertiary/aromatic N) is 3. The number of anilines is 1. The van der Waals surface area contributed by atoms with E-state index in [1.54, 1.807) is 11.8 Å². The fourth-order valence-corrected chi connectivity index (χ4v) is 2.71. The number of hydrogen-bond donors (Lipinski definition) is 2. The van der Waals surface area contributed by atoms with Crippen LogP contribution in [0.5, 0.6) is 0 Å². The van der Waals surface area contributed by atoms with Crippen LogP contribution in [0.2, 0.25) is 0 Å². The maximum atomic E-state index is 8.76. The Balaban J connectivity index is 2.28. The van der Waals surface area contributed by atoms with Crippen molar-refractivity contribution in [3.8, 4) is 12.1 Å². The molecule has 5 nitrogen and oxygen atoms in total. The zero-order chi connectivity index (χ0) is 15.2. The van der Waals surface area contributed by atoms with Gasteiger partial charge in [-0.15, -0.1) is 0 Å². The van der Waals surface area contributed by atoms with Gasteiger partial charge < -0.3 is 5.32 Å². The van der Waals surface area contributed by atoms with E-state index in [0.29, 0.717) is 0 Å². The second-order valence-electron chi connectivity index (χ2n) is 4.29. The summed E-state index contributed by atoms with van der Waals surface area (Å²) in [6.07, 6.45) is 1.41. The smallest absolute Gasteiger partial charge is 0.145 e. The van der Waals surface area contributed by atoms with Crippen molar-refractivity contribution in [1.82, 2.24) is 10.2 Å². The van der Waals surface area contributed by atoms with Crippen LogP contribution in [0.3, 0.4) is 0 Å². The molecule has 0 atom stereocenters. The molecular formula is C15H13N5S. The topological polar surface area (TPSA) is 88.3 Å². The van der Waals surface area contributed by atoms with Crippen molar-refractivity contribution in [2.75, 3.05) is 5.32 Å². The van der Waals surface area contributed by atoms with Gasteiger partial charge in [0, 0.05) is 16.8 Å². The minimum Gasteiger partial charge on any atom is -0.359 e. The molecule has 0 fully saturated rings. The molecule has 0 amide bonds. The van der Waals surface area contributed by atoms with E-state index < -0.39 is 0 Å². The van der Waals surface area contributed by atoms with Gasteiger partial charge in [0.25, 0.3) is 0 Å². The van der Waals surface area contributed by atoms with E-state index >= 15 is 0 Å². The Hall–Kier alpha value is -2.70.